The van der Waals surface area contributed by atoms with Crippen molar-refractivity contribution in [1.29, 1.82) is 0 Å². The van der Waals surface area contributed by atoms with Crippen LogP contribution in [0.5, 0.6) is 0 Å². The van der Waals surface area contributed by atoms with Gasteiger partial charge < -0.3 is 5.73 Å². The molecule has 1 aliphatic heterocycles. The second kappa shape index (κ2) is 5.63. The highest BCUT2D eigenvalue weighted by Gasteiger charge is 2.29. The van der Waals surface area contributed by atoms with E-state index in [-0.39, 0.29) is 5.69 Å². The Labute approximate surface area is 111 Å². The first-order valence-corrected chi connectivity index (χ1v) is 6.38. The lowest BCUT2D eigenvalue weighted by Gasteiger charge is -2.20. The number of nitrogens with zero attached hydrogens (tertiary/aromatic N) is 2. The van der Waals surface area contributed by atoms with Crippen molar-refractivity contribution in [3.63, 3.8) is 0 Å². The van der Waals surface area contributed by atoms with Crippen molar-refractivity contribution in [2.24, 2.45) is 11.7 Å². The van der Waals surface area contributed by atoms with Gasteiger partial charge in [-0.05, 0) is 37.9 Å². The summed E-state index contributed by atoms with van der Waals surface area (Å²) in [7, 11) is 0. The van der Waals surface area contributed by atoms with Crippen LogP contribution < -0.4 is 5.73 Å². The van der Waals surface area contributed by atoms with Gasteiger partial charge in [0.05, 0.1) is 4.92 Å². The number of likely N-dealkylation sites (tertiary alicyclic amines) is 1. The zero-order valence-electron chi connectivity index (χ0n) is 10.9. The van der Waals surface area contributed by atoms with Crippen LogP contribution in [0, 0.1) is 21.8 Å². The molecule has 6 heteroatoms. The van der Waals surface area contributed by atoms with Crippen LogP contribution >= 0.6 is 0 Å². The van der Waals surface area contributed by atoms with E-state index in [0.717, 1.165) is 19.0 Å². The molecule has 0 aromatic heterocycles. The molecule has 0 saturated carbocycles. The molecule has 1 aromatic carbocycles. The van der Waals surface area contributed by atoms with Gasteiger partial charge in [0.15, 0.2) is 0 Å². The van der Waals surface area contributed by atoms with Crippen molar-refractivity contribution in [3.05, 3.63) is 39.7 Å². The third kappa shape index (κ3) is 3.08. The molecule has 104 valence electrons. The molecule has 1 saturated heterocycles. The molecular weight excluding hydrogens is 249 g/mol. The Hall–Kier alpha value is -1.53. The van der Waals surface area contributed by atoms with Crippen LogP contribution in [-0.4, -0.2) is 29.0 Å². The van der Waals surface area contributed by atoms with Crippen molar-refractivity contribution in [2.75, 3.05) is 13.1 Å². The van der Waals surface area contributed by atoms with Gasteiger partial charge in [-0.1, -0.05) is 0 Å². The number of nitrogens with two attached hydrogens (primary N) is 1. The second-order valence-electron chi connectivity index (χ2n) is 5.15. The van der Waals surface area contributed by atoms with E-state index in [1.54, 1.807) is 0 Å². The Morgan fingerprint density at radius 2 is 2.32 bits per heavy atom. The largest absolute Gasteiger partial charge is 0.330 e. The fourth-order valence-electron chi connectivity index (χ4n) is 2.69. The summed E-state index contributed by atoms with van der Waals surface area (Å²) in [6.45, 7) is 3.89. The van der Waals surface area contributed by atoms with Gasteiger partial charge >= 0.3 is 0 Å². The van der Waals surface area contributed by atoms with Gasteiger partial charge in [-0.3, -0.25) is 15.0 Å². The highest BCUT2D eigenvalue weighted by Crippen LogP contribution is 2.27. The van der Waals surface area contributed by atoms with Crippen molar-refractivity contribution >= 4 is 5.69 Å². The molecular formula is C13H18FN3O2. The molecule has 1 aromatic rings. The number of rotatable bonds is 4. The first-order chi connectivity index (χ1) is 9.01. The minimum absolute atomic E-state index is 0.0233. The van der Waals surface area contributed by atoms with E-state index in [9.17, 15) is 14.5 Å². The van der Waals surface area contributed by atoms with E-state index in [0.29, 0.717) is 30.6 Å². The van der Waals surface area contributed by atoms with E-state index in [2.05, 4.69) is 11.8 Å². The van der Waals surface area contributed by atoms with Crippen molar-refractivity contribution in [1.82, 2.24) is 4.90 Å². The SMILES string of the molecule is CC1CC(CN)CN1Cc1cc(F)ccc1[N+](=O)[O-]. The van der Waals surface area contributed by atoms with Crippen molar-refractivity contribution < 1.29 is 9.31 Å². The summed E-state index contributed by atoms with van der Waals surface area (Å²) in [5.41, 5.74) is 6.06. The molecule has 2 atom stereocenters. The Kier molecular flexibility index (Phi) is 4.11. The molecule has 1 heterocycles. The van der Waals surface area contributed by atoms with E-state index < -0.39 is 10.7 Å². The minimum Gasteiger partial charge on any atom is -0.330 e. The number of nitro benzene ring substituents is 1. The summed E-state index contributed by atoms with van der Waals surface area (Å²) >= 11 is 0. The predicted molar refractivity (Wildman–Crippen MR) is 70.1 cm³/mol. The molecule has 1 fully saturated rings. The van der Waals surface area contributed by atoms with Gasteiger partial charge in [0.25, 0.3) is 5.69 Å². The van der Waals surface area contributed by atoms with Crippen LogP contribution in [0.4, 0.5) is 10.1 Å². The molecule has 0 bridgehead atoms. The van der Waals surface area contributed by atoms with Gasteiger partial charge in [0, 0.05) is 30.8 Å². The maximum Gasteiger partial charge on any atom is 0.274 e. The number of nitro groups is 1. The standard InChI is InChI=1S/C13H18FN3O2/c1-9-4-10(6-15)7-16(9)8-11-5-12(14)2-3-13(11)17(18)19/h2-3,5,9-10H,4,6-8,15H2,1H3. The summed E-state index contributed by atoms with van der Waals surface area (Å²) < 4.78 is 13.3. The highest BCUT2D eigenvalue weighted by atomic mass is 19.1. The molecule has 0 aliphatic carbocycles. The van der Waals surface area contributed by atoms with Crippen molar-refractivity contribution in [2.45, 2.75) is 25.9 Å². The normalized spacial score (nSPS) is 23.7. The van der Waals surface area contributed by atoms with Gasteiger partial charge in [0.2, 0.25) is 0 Å². The van der Waals surface area contributed by atoms with Gasteiger partial charge in [0.1, 0.15) is 5.82 Å². The third-order valence-corrected chi connectivity index (χ3v) is 3.74. The first kappa shape index (κ1) is 13.9. The lowest BCUT2D eigenvalue weighted by Crippen LogP contribution is -2.27. The molecule has 0 amide bonds. The molecule has 5 nitrogen and oxygen atoms in total. The lowest BCUT2D eigenvalue weighted by atomic mass is 10.1. The zero-order chi connectivity index (χ0) is 14.0. The monoisotopic (exact) mass is 267 g/mol. The van der Waals surface area contributed by atoms with Crippen LogP contribution in [0.1, 0.15) is 18.9 Å². The van der Waals surface area contributed by atoms with E-state index in [1.165, 1.54) is 12.1 Å². The second-order valence-corrected chi connectivity index (χ2v) is 5.15. The molecule has 19 heavy (non-hydrogen) atoms. The molecule has 0 radical (unpaired) electrons. The fraction of sp³-hybridized carbons (Fsp3) is 0.538. The predicted octanol–water partition coefficient (Wildman–Crippen LogP) is 1.90. The van der Waals surface area contributed by atoms with E-state index in [4.69, 9.17) is 5.73 Å². The fourth-order valence-corrected chi connectivity index (χ4v) is 2.69. The Morgan fingerprint density at radius 1 is 1.58 bits per heavy atom. The summed E-state index contributed by atoms with van der Waals surface area (Å²) in [4.78, 5) is 12.6. The lowest BCUT2D eigenvalue weighted by molar-refractivity contribution is -0.385. The molecule has 2 N–H and O–H groups in total. The Morgan fingerprint density at radius 3 is 2.89 bits per heavy atom. The van der Waals surface area contributed by atoms with Crippen LogP contribution in [0.2, 0.25) is 0 Å². The Balaban J connectivity index is 2.19. The van der Waals surface area contributed by atoms with Crippen LogP contribution in [0.25, 0.3) is 0 Å². The summed E-state index contributed by atoms with van der Waals surface area (Å²) in [6, 6.07) is 3.92. The highest BCUT2D eigenvalue weighted by molar-refractivity contribution is 5.40. The molecule has 2 rings (SSSR count). The van der Waals surface area contributed by atoms with Crippen LogP contribution in [-0.2, 0) is 6.54 Å². The number of halogens is 1. The van der Waals surface area contributed by atoms with Crippen LogP contribution in [0.3, 0.4) is 0 Å². The molecule has 1 aliphatic rings. The number of benzene rings is 1. The smallest absolute Gasteiger partial charge is 0.274 e. The average Bonchev–Trinajstić information content (AvgIpc) is 2.70. The topological polar surface area (TPSA) is 72.4 Å². The number of hydrogen-bond donors (Lipinski definition) is 1. The van der Waals surface area contributed by atoms with Gasteiger partial charge in [-0.15, -0.1) is 0 Å². The van der Waals surface area contributed by atoms with Gasteiger partial charge in [-0.2, -0.15) is 0 Å². The maximum atomic E-state index is 13.3. The summed E-state index contributed by atoms with van der Waals surface area (Å²) in [5.74, 6) is -0.0227. The van der Waals surface area contributed by atoms with Crippen molar-refractivity contribution in [3.8, 4) is 0 Å². The van der Waals surface area contributed by atoms with Gasteiger partial charge in [-0.25, -0.2) is 4.39 Å². The Bertz CT molecular complexity index is 481. The third-order valence-electron chi connectivity index (χ3n) is 3.74. The minimum atomic E-state index is -0.462. The van der Waals surface area contributed by atoms with E-state index >= 15 is 0 Å². The summed E-state index contributed by atoms with van der Waals surface area (Å²) in [6.07, 6.45) is 0.986. The first-order valence-electron chi connectivity index (χ1n) is 6.38. The molecule has 2 unspecified atom stereocenters. The quantitative estimate of drug-likeness (QED) is 0.668. The number of hydrogen-bond acceptors (Lipinski definition) is 4. The molecule has 0 spiro atoms. The average molecular weight is 267 g/mol. The van der Waals surface area contributed by atoms with Crippen LogP contribution in [0.15, 0.2) is 18.2 Å². The maximum absolute atomic E-state index is 13.3. The zero-order valence-corrected chi connectivity index (χ0v) is 10.9. The summed E-state index contributed by atoms with van der Waals surface area (Å²) in [5, 5.41) is 11.0. The van der Waals surface area contributed by atoms with E-state index in [1.807, 2.05) is 0 Å².